The smallest absolute Gasteiger partial charge is 0.336 e. The number of amides is 1. The molecule has 3 aromatic rings. The maximum atomic E-state index is 12.7. The minimum atomic E-state index is -0.273. The Morgan fingerprint density at radius 1 is 1.21 bits per heavy atom. The number of hydrogen-bond acceptors (Lipinski definition) is 5. The Kier molecular flexibility index (Phi) is 5.98. The number of nitrogens with zero attached hydrogens (tertiary/aromatic N) is 6. The van der Waals surface area contributed by atoms with E-state index in [9.17, 15) is 9.59 Å². The minimum Gasteiger partial charge on any atom is -0.336 e. The van der Waals surface area contributed by atoms with E-state index in [1.54, 1.807) is 35.7 Å². The van der Waals surface area contributed by atoms with Gasteiger partial charge < -0.3 is 4.90 Å². The van der Waals surface area contributed by atoms with E-state index in [2.05, 4.69) is 15.1 Å². The van der Waals surface area contributed by atoms with Crippen molar-refractivity contribution in [1.29, 1.82) is 0 Å². The number of carbonyl (C=O) groups excluding carboxylic acids is 1. The first-order valence-corrected chi connectivity index (χ1v) is 9.17. The number of aromatic nitrogens is 5. The second kappa shape index (κ2) is 8.60. The van der Waals surface area contributed by atoms with Gasteiger partial charge in [0.15, 0.2) is 0 Å². The summed E-state index contributed by atoms with van der Waals surface area (Å²) in [6.07, 6.45) is 3.82. The van der Waals surface area contributed by atoms with Gasteiger partial charge in [-0.2, -0.15) is 5.10 Å². The minimum absolute atomic E-state index is 0.107. The molecular weight excluding hydrogens is 356 g/mol. The molecule has 0 N–H and O–H groups in total. The molecule has 8 heteroatoms. The Hall–Kier alpha value is -3.29. The fraction of sp³-hybridized carbons (Fsp3) is 0.350. The number of carbonyl (C=O) groups is 1. The summed E-state index contributed by atoms with van der Waals surface area (Å²) >= 11 is 0. The third kappa shape index (κ3) is 4.33. The molecule has 2 heterocycles. The zero-order chi connectivity index (χ0) is 20.1. The summed E-state index contributed by atoms with van der Waals surface area (Å²) in [5.41, 5.74) is 1.61. The Morgan fingerprint density at radius 3 is 2.64 bits per heavy atom. The Morgan fingerprint density at radius 2 is 1.96 bits per heavy atom. The number of rotatable bonds is 7. The van der Waals surface area contributed by atoms with Crippen molar-refractivity contribution < 1.29 is 4.79 Å². The average Bonchev–Trinajstić information content (AvgIpc) is 2.99. The van der Waals surface area contributed by atoms with E-state index in [-0.39, 0.29) is 24.2 Å². The molecule has 8 nitrogen and oxygen atoms in total. The Labute approximate surface area is 163 Å². The van der Waals surface area contributed by atoms with Crippen LogP contribution in [0.2, 0.25) is 0 Å². The summed E-state index contributed by atoms with van der Waals surface area (Å²) in [5, 5.41) is 4.27. The van der Waals surface area contributed by atoms with Gasteiger partial charge in [-0.1, -0.05) is 30.3 Å². The van der Waals surface area contributed by atoms with Gasteiger partial charge in [0.05, 0.1) is 11.7 Å². The van der Waals surface area contributed by atoms with Gasteiger partial charge in [0.2, 0.25) is 5.91 Å². The van der Waals surface area contributed by atoms with Crippen molar-refractivity contribution in [2.75, 3.05) is 7.05 Å². The van der Waals surface area contributed by atoms with Crippen LogP contribution in [-0.4, -0.2) is 42.2 Å². The quantitative estimate of drug-likeness (QED) is 0.622. The van der Waals surface area contributed by atoms with E-state index in [1.807, 2.05) is 37.3 Å². The standard InChI is InChI=1S/C20H24N6O2/c1-15(18-9-11-21-14-22-18)24(3)19(27)13-26-20(28)25(16(2)23-26)12-10-17-7-5-4-6-8-17/h4-9,11,14-15H,10,12-13H2,1-3H3/t15-/m1/s1. The Balaban J connectivity index is 1.69. The zero-order valence-corrected chi connectivity index (χ0v) is 16.3. The summed E-state index contributed by atoms with van der Waals surface area (Å²) in [6, 6.07) is 11.5. The molecule has 146 valence electrons. The normalized spacial score (nSPS) is 12.0. The molecule has 1 aromatic carbocycles. The van der Waals surface area contributed by atoms with Gasteiger partial charge in [0, 0.05) is 19.8 Å². The molecule has 0 saturated heterocycles. The maximum absolute atomic E-state index is 12.7. The van der Waals surface area contributed by atoms with E-state index in [1.165, 1.54) is 11.0 Å². The van der Waals surface area contributed by atoms with Gasteiger partial charge in [-0.25, -0.2) is 19.4 Å². The van der Waals surface area contributed by atoms with Crippen LogP contribution in [0.1, 0.15) is 30.0 Å². The van der Waals surface area contributed by atoms with Crippen LogP contribution in [-0.2, 0) is 24.3 Å². The summed E-state index contributed by atoms with van der Waals surface area (Å²) in [4.78, 5) is 35.0. The highest BCUT2D eigenvalue weighted by Crippen LogP contribution is 2.15. The van der Waals surface area contributed by atoms with E-state index in [0.717, 1.165) is 17.7 Å². The number of hydrogen-bond donors (Lipinski definition) is 0. The molecule has 0 spiro atoms. The van der Waals surface area contributed by atoms with E-state index >= 15 is 0 Å². The topological polar surface area (TPSA) is 85.9 Å². The van der Waals surface area contributed by atoms with Crippen LogP contribution in [0.15, 0.2) is 53.7 Å². The Bertz CT molecular complexity index is 981. The molecule has 0 saturated carbocycles. The first kappa shape index (κ1) is 19.5. The van der Waals surface area contributed by atoms with E-state index < -0.39 is 0 Å². The molecule has 0 radical (unpaired) electrons. The zero-order valence-electron chi connectivity index (χ0n) is 16.3. The third-order valence-corrected chi connectivity index (χ3v) is 4.87. The summed E-state index contributed by atoms with van der Waals surface area (Å²) < 4.78 is 2.83. The molecule has 0 fully saturated rings. The van der Waals surface area contributed by atoms with Crippen LogP contribution in [0.25, 0.3) is 0 Å². The van der Waals surface area contributed by atoms with Crippen LogP contribution >= 0.6 is 0 Å². The molecule has 0 aliphatic heterocycles. The highest BCUT2D eigenvalue weighted by molar-refractivity contribution is 5.76. The maximum Gasteiger partial charge on any atom is 0.346 e. The predicted molar refractivity (Wildman–Crippen MR) is 105 cm³/mol. The van der Waals surface area contributed by atoms with Crippen molar-refractivity contribution in [3.05, 3.63) is 76.5 Å². The molecule has 3 rings (SSSR count). The number of benzene rings is 1. The molecule has 0 unspecified atom stereocenters. The lowest BCUT2D eigenvalue weighted by Crippen LogP contribution is -2.36. The summed E-state index contributed by atoms with van der Waals surface area (Å²) in [5.74, 6) is 0.390. The van der Waals surface area contributed by atoms with Crippen molar-refractivity contribution in [3.8, 4) is 0 Å². The monoisotopic (exact) mass is 380 g/mol. The second-order valence-corrected chi connectivity index (χ2v) is 6.69. The molecule has 1 amide bonds. The van der Waals surface area contributed by atoms with Crippen molar-refractivity contribution in [3.63, 3.8) is 0 Å². The fourth-order valence-corrected chi connectivity index (χ4v) is 3.00. The lowest BCUT2D eigenvalue weighted by Gasteiger charge is -2.24. The van der Waals surface area contributed by atoms with Crippen LogP contribution in [0.3, 0.4) is 0 Å². The third-order valence-electron chi connectivity index (χ3n) is 4.87. The van der Waals surface area contributed by atoms with Gasteiger partial charge in [-0.05, 0) is 31.9 Å². The average molecular weight is 380 g/mol. The molecule has 28 heavy (non-hydrogen) atoms. The van der Waals surface area contributed by atoms with Gasteiger partial charge >= 0.3 is 5.69 Å². The van der Waals surface area contributed by atoms with Crippen LogP contribution in [0, 0.1) is 6.92 Å². The molecule has 0 aliphatic carbocycles. The SMILES string of the molecule is Cc1nn(CC(=O)N(C)[C@H](C)c2ccncn2)c(=O)n1CCc1ccccc1. The summed E-state index contributed by atoms with van der Waals surface area (Å²) in [6.45, 7) is 4.08. The first-order valence-electron chi connectivity index (χ1n) is 9.17. The van der Waals surface area contributed by atoms with Crippen LogP contribution in [0.4, 0.5) is 0 Å². The highest BCUT2D eigenvalue weighted by atomic mass is 16.2. The predicted octanol–water partition coefficient (Wildman–Crippen LogP) is 1.61. The molecule has 2 aromatic heterocycles. The van der Waals surface area contributed by atoms with Crippen LogP contribution < -0.4 is 5.69 Å². The van der Waals surface area contributed by atoms with Gasteiger partial charge in [0.25, 0.3) is 0 Å². The molecule has 0 bridgehead atoms. The second-order valence-electron chi connectivity index (χ2n) is 6.69. The van der Waals surface area contributed by atoms with E-state index in [4.69, 9.17) is 0 Å². The van der Waals surface area contributed by atoms with Gasteiger partial charge in [-0.3, -0.25) is 9.36 Å². The van der Waals surface area contributed by atoms with Crippen LogP contribution in [0.5, 0.6) is 0 Å². The number of likely N-dealkylation sites (N-methyl/N-ethyl adjacent to an activating group) is 1. The molecule has 0 aliphatic rings. The lowest BCUT2D eigenvalue weighted by atomic mass is 10.1. The number of aryl methyl sites for hydroxylation is 2. The van der Waals surface area contributed by atoms with Crippen molar-refractivity contribution in [2.45, 2.75) is 39.4 Å². The van der Waals surface area contributed by atoms with Gasteiger partial charge in [-0.15, -0.1) is 0 Å². The summed E-state index contributed by atoms with van der Waals surface area (Å²) in [7, 11) is 1.69. The van der Waals surface area contributed by atoms with Crippen molar-refractivity contribution in [1.82, 2.24) is 29.2 Å². The molecular formula is C20H24N6O2. The van der Waals surface area contributed by atoms with E-state index in [0.29, 0.717) is 12.4 Å². The largest absolute Gasteiger partial charge is 0.346 e. The lowest BCUT2D eigenvalue weighted by molar-refractivity contribution is -0.132. The molecule has 1 atom stereocenters. The highest BCUT2D eigenvalue weighted by Gasteiger charge is 2.21. The first-order chi connectivity index (χ1) is 13.5. The van der Waals surface area contributed by atoms with Crippen molar-refractivity contribution >= 4 is 5.91 Å². The fourth-order valence-electron chi connectivity index (χ4n) is 3.00. The van der Waals surface area contributed by atoms with Gasteiger partial charge in [0.1, 0.15) is 18.7 Å². The van der Waals surface area contributed by atoms with Crippen molar-refractivity contribution in [2.24, 2.45) is 0 Å².